The highest BCUT2D eigenvalue weighted by Gasteiger charge is 2.33. The number of rotatable bonds is 5. The van der Waals surface area contributed by atoms with Crippen molar-refractivity contribution in [2.75, 3.05) is 14.2 Å². The van der Waals surface area contributed by atoms with E-state index in [0.29, 0.717) is 16.6 Å². The molecule has 0 unspecified atom stereocenters. The third-order valence-electron chi connectivity index (χ3n) is 5.88. The second-order valence-electron chi connectivity index (χ2n) is 7.86. The van der Waals surface area contributed by atoms with Gasteiger partial charge in [-0.1, -0.05) is 60.7 Å². The first-order chi connectivity index (χ1) is 17.5. The molecular weight excluding hydrogens is 462 g/mol. The number of ether oxygens (including phenoxy) is 2. The van der Waals surface area contributed by atoms with Crippen molar-refractivity contribution in [1.29, 1.82) is 0 Å². The second-order valence-corrected chi connectivity index (χ2v) is 7.86. The number of esters is 2. The number of Topliss-reactive ketones (excluding diaryl/α,β-unsaturated/α-hetero) is 1. The summed E-state index contributed by atoms with van der Waals surface area (Å²) in [7, 11) is 2.19. The fourth-order valence-corrected chi connectivity index (χ4v) is 4.27. The Labute approximate surface area is 203 Å². The van der Waals surface area contributed by atoms with Gasteiger partial charge in [-0.25, -0.2) is 19.3 Å². The molecule has 5 aromatic rings. The maximum atomic E-state index is 13.8. The molecule has 0 aliphatic carbocycles. The standard InChI is InChI=1S/C27H19N3O6/c1-35-26(33)22-20(23(31)27(34)36-2)19(18-14-8-10-15-9-6-7-13-17(15)18)21-24(28-22)29-30(25(21)32)16-11-4-3-5-12-16/h3-14H,1-2H3,(H,28,29). The van der Waals surface area contributed by atoms with E-state index in [2.05, 4.69) is 14.8 Å². The van der Waals surface area contributed by atoms with Gasteiger partial charge in [-0.15, -0.1) is 0 Å². The molecule has 2 aromatic heterocycles. The molecule has 0 amide bonds. The zero-order valence-corrected chi connectivity index (χ0v) is 19.3. The molecule has 3 aromatic carbocycles. The number of aromatic amines is 1. The Balaban J connectivity index is 2.01. The van der Waals surface area contributed by atoms with E-state index in [1.54, 1.807) is 42.5 Å². The molecule has 178 valence electrons. The Morgan fingerprint density at radius 3 is 2.28 bits per heavy atom. The summed E-state index contributed by atoms with van der Waals surface area (Å²) in [5.41, 5.74) is -0.170. The zero-order valence-electron chi connectivity index (χ0n) is 19.3. The van der Waals surface area contributed by atoms with Crippen LogP contribution in [0.2, 0.25) is 0 Å². The topological polar surface area (TPSA) is 120 Å². The van der Waals surface area contributed by atoms with Crippen LogP contribution in [0.4, 0.5) is 0 Å². The van der Waals surface area contributed by atoms with Crippen molar-refractivity contribution in [1.82, 2.24) is 14.8 Å². The molecule has 2 heterocycles. The lowest BCUT2D eigenvalue weighted by Crippen LogP contribution is -2.23. The summed E-state index contributed by atoms with van der Waals surface area (Å²) >= 11 is 0. The molecule has 0 fully saturated rings. The van der Waals surface area contributed by atoms with Gasteiger partial charge in [0.05, 0.1) is 30.9 Å². The lowest BCUT2D eigenvalue weighted by molar-refractivity contribution is -0.135. The molecule has 0 atom stereocenters. The van der Waals surface area contributed by atoms with E-state index in [0.717, 1.165) is 19.6 Å². The lowest BCUT2D eigenvalue weighted by atomic mass is 9.90. The highest BCUT2D eigenvalue weighted by Crippen LogP contribution is 2.36. The number of carbonyl (C=O) groups excluding carboxylic acids is 3. The molecule has 0 radical (unpaired) electrons. The summed E-state index contributed by atoms with van der Waals surface area (Å²) in [6.45, 7) is 0. The van der Waals surface area contributed by atoms with Crippen LogP contribution in [0.25, 0.3) is 38.6 Å². The molecule has 0 aliphatic heterocycles. The van der Waals surface area contributed by atoms with Crippen LogP contribution in [0.1, 0.15) is 20.8 Å². The van der Waals surface area contributed by atoms with Crippen LogP contribution in [0.15, 0.2) is 77.6 Å². The summed E-state index contributed by atoms with van der Waals surface area (Å²) in [5.74, 6) is -3.28. The maximum absolute atomic E-state index is 13.8. The SMILES string of the molecule is COC(=O)C(=O)c1c(C(=O)OC)nc2[nH]n(-c3ccccc3)c(=O)c2c1-c1cccc2ccccc12. The first-order valence-electron chi connectivity index (χ1n) is 10.9. The highest BCUT2D eigenvalue weighted by atomic mass is 16.5. The molecule has 0 saturated carbocycles. The van der Waals surface area contributed by atoms with Crippen molar-refractivity contribution in [2.24, 2.45) is 0 Å². The highest BCUT2D eigenvalue weighted by molar-refractivity contribution is 6.44. The smallest absolute Gasteiger partial charge is 0.379 e. The van der Waals surface area contributed by atoms with Crippen LogP contribution in [0, 0.1) is 0 Å². The molecule has 9 heteroatoms. The molecule has 36 heavy (non-hydrogen) atoms. The minimum Gasteiger partial charge on any atom is -0.464 e. The Bertz CT molecular complexity index is 1730. The van der Waals surface area contributed by atoms with Gasteiger partial charge in [0, 0.05) is 5.56 Å². The number of H-pyrrole nitrogens is 1. The van der Waals surface area contributed by atoms with E-state index in [1.165, 1.54) is 4.68 Å². The van der Waals surface area contributed by atoms with Gasteiger partial charge in [0.25, 0.3) is 11.3 Å². The molecule has 9 nitrogen and oxygen atoms in total. The van der Waals surface area contributed by atoms with Crippen LogP contribution in [-0.2, 0) is 14.3 Å². The Kier molecular flexibility index (Phi) is 5.65. The van der Waals surface area contributed by atoms with E-state index < -0.39 is 29.0 Å². The molecule has 0 bridgehead atoms. The van der Waals surface area contributed by atoms with E-state index in [1.807, 2.05) is 30.3 Å². The van der Waals surface area contributed by atoms with Crippen LogP contribution >= 0.6 is 0 Å². The number of fused-ring (bicyclic) bond motifs is 2. The van der Waals surface area contributed by atoms with E-state index in [9.17, 15) is 19.2 Å². The Morgan fingerprint density at radius 1 is 0.861 bits per heavy atom. The predicted molar refractivity (Wildman–Crippen MR) is 132 cm³/mol. The number of aromatic nitrogens is 3. The number of nitrogens with one attached hydrogen (secondary N) is 1. The van der Waals surface area contributed by atoms with Gasteiger partial charge >= 0.3 is 11.9 Å². The molecule has 1 N–H and O–H groups in total. The number of benzene rings is 3. The number of para-hydroxylation sites is 1. The van der Waals surface area contributed by atoms with Crippen molar-refractivity contribution in [3.8, 4) is 16.8 Å². The zero-order chi connectivity index (χ0) is 25.4. The molecule has 0 aliphatic rings. The van der Waals surface area contributed by atoms with Gasteiger partial charge in [0.1, 0.15) is 0 Å². The fraction of sp³-hybridized carbons (Fsp3) is 0.0741. The summed E-state index contributed by atoms with van der Waals surface area (Å²) in [5, 5.41) is 4.49. The van der Waals surface area contributed by atoms with Gasteiger partial charge in [-0.05, 0) is 28.5 Å². The summed E-state index contributed by atoms with van der Waals surface area (Å²) in [6, 6.07) is 21.5. The second kappa shape index (κ2) is 8.95. The molecule has 0 spiro atoms. The summed E-state index contributed by atoms with van der Waals surface area (Å²) < 4.78 is 10.8. The third-order valence-corrected chi connectivity index (χ3v) is 5.88. The number of ketones is 1. The lowest BCUT2D eigenvalue weighted by Gasteiger charge is -2.14. The number of hydrogen-bond donors (Lipinski definition) is 1. The minimum absolute atomic E-state index is 0.0371. The monoisotopic (exact) mass is 481 g/mol. The van der Waals surface area contributed by atoms with Crippen molar-refractivity contribution in [2.45, 2.75) is 0 Å². The first-order valence-corrected chi connectivity index (χ1v) is 10.9. The number of pyridine rings is 1. The van der Waals surface area contributed by atoms with Crippen molar-refractivity contribution in [3.63, 3.8) is 0 Å². The van der Waals surface area contributed by atoms with E-state index >= 15 is 0 Å². The minimum atomic E-state index is -1.21. The van der Waals surface area contributed by atoms with Crippen molar-refractivity contribution < 1.29 is 23.9 Å². The van der Waals surface area contributed by atoms with Crippen LogP contribution in [-0.4, -0.2) is 46.7 Å². The summed E-state index contributed by atoms with van der Waals surface area (Å²) in [4.78, 5) is 56.6. The first kappa shape index (κ1) is 22.7. The van der Waals surface area contributed by atoms with Gasteiger partial charge in [0.15, 0.2) is 11.3 Å². The van der Waals surface area contributed by atoms with Crippen molar-refractivity contribution >= 4 is 39.5 Å². The van der Waals surface area contributed by atoms with Crippen molar-refractivity contribution in [3.05, 3.63) is 94.4 Å². The average Bonchev–Trinajstić information content (AvgIpc) is 3.26. The molecular formula is C27H19N3O6. The number of nitrogens with zero attached hydrogens (tertiary/aromatic N) is 2. The Hall–Kier alpha value is -5.05. The largest absolute Gasteiger partial charge is 0.464 e. The van der Waals surface area contributed by atoms with E-state index in [4.69, 9.17) is 4.74 Å². The normalized spacial score (nSPS) is 10.9. The number of carbonyl (C=O) groups is 3. The van der Waals surface area contributed by atoms with Gasteiger partial charge in [-0.2, -0.15) is 0 Å². The predicted octanol–water partition coefficient (Wildman–Crippen LogP) is 3.68. The van der Waals surface area contributed by atoms with Gasteiger partial charge in [0.2, 0.25) is 0 Å². The van der Waals surface area contributed by atoms with Crippen LogP contribution < -0.4 is 5.56 Å². The quantitative estimate of drug-likeness (QED) is 0.231. The van der Waals surface area contributed by atoms with E-state index in [-0.39, 0.29) is 22.2 Å². The van der Waals surface area contributed by atoms with Crippen LogP contribution in [0.5, 0.6) is 0 Å². The van der Waals surface area contributed by atoms with Gasteiger partial charge in [-0.3, -0.25) is 14.7 Å². The average molecular weight is 481 g/mol. The summed E-state index contributed by atoms with van der Waals surface area (Å²) in [6.07, 6.45) is 0. The molecule has 5 rings (SSSR count). The van der Waals surface area contributed by atoms with Crippen LogP contribution in [0.3, 0.4) is 0 Å². The van der Waals surface area contributed by atoms with Gasteiger partial charge < -0.3 is 9.47 Å². The number of hydrogen-bond acceptors (Lipinski definition) is 7. The maximum Gasteiger partial charge on any atom is 0.379 e. The fourth-order valence-electron chi connectivity index (χ4n) is 4.27. The third kappa shape index (κ3) is 3.54. The number of methoxy groups -OCH3 is 2. The molecule has 0 saturated heterocycles. The Morgan fingerprint density at radius 2 is 1.56 bits per heavy atom.